The Labute approximate surface area is 293 Å². The van der Waals surface area contributed by atoms with Crippen LogP contribution in [0.4, 0.5) is 0 Å². The van der Waals surface area contributed by atoms with Gasteiger partial charge in [-0.3, -0.25) is 9.59 Å². The molecule has 2 heterocycles. The summed E-state index contributed by atoms with van der Waals surface area (Å²) in [4.78, 5) is 40.8. The lowest BCUT2D eigenvalue weighted by Crippen LogP contribution is -2.37. The number of benzene rings is 4. The molecule has 0 saturated heterocycles. The standard InChI is InChI=1S/C21H20N2O2.C21H21NO3/c1-25-18-5-2-15(3-6-18)13-23-11-8-16-12-17(21(14-22)9-10-21)4-7-19(16)20(23)24;1-25-18-5-2-15(3-6-18)13-22-11-8-16-12-17(21(14-23)9-10-21)4-7-19(16)20(22)24/h2-7,12H,8-11,13H2,1H3;2-7,12,14H,8-11,13H2,1H3. The second-order valence-corrected chi connectivity index (χ2v) is 13.9. The van der Waals surface area contributed by atoms with Crippen molar-refractivity contribution in [3.05, 3.63) is 129 Å². The molecule has 8 heteroatoms. The molecule has 2 aliphatic carbocycles. The molecule has 4 aromatic carbocycles. The van der Waals surface area contributed by atoms with Crippen molar-refractivity contribution in [2.45, 2.75) is 62.4 Å². The molecule has 0 atom stereocenters. The van der Waals surface area contributed by atoms with Gasteiger partial charge in [0.05, 0.1) is 31.1 Å². The maximum Gasteiger partial charge on any atom is 0.254 e. The van der Waals surface area contributed by atoms with Crippen LogP contribution in [-0.2, 0) is 41.6 Å². The van der Waals surface area contributed by atoms with E-state index in [1.165, 1.54) is 0 Å². The Kier molecular flexibility index (Phi) is 8.92. The molecule has 0 unspecified atom stereocenters. The van der Waals surface area contributed by atoms with Gasteiger partial charge in [-0.05, 0) is 108 Å². The smallest absolute Gasteiger partial charge is 0.254 e. The van der Waals surface area contributed by atoms with E-state index < -0.39 is 0 Å². The van der Waals surface area contributed by atoms with Gasteiger partial charge in [-0.1, -0.05) is 48.5 Å². The van der Waals surface area contributed by atoms with Crippen LogP contribution in [0.25, 0.3) is 0 Å². The van der Waals surface area contributed by atoms with Gasteiger partial charge in [0.15, 0.2) is 0 Å². The number of carbonyl (C=O) groups is 3. The summed E-state index contributed by atoms with van der Waals surface area (Å²) in [7, 11) is 3.29. The number of carbonyl (C=O) groups excluding carboxylic acids is 3. The normalized spacial score (nSPS) is 17.7. The summed E-state index contributed by atoms with van der Waals surface area (Å²) in [5, 5.41) is 9.38. The Hall–Kier alpha value is -5.42. The van der Waals surface area contributed by atoms with Crippen LogP contribution in [0.3, 0.4) is 0 Å². The number of methoxy groups -OCH3 is 2. The Morgan fingerprint density at radius 1 is 0.680 bits per heavy atom. The monoisotopic (exact) mass is 667 g/mol. The Bertz CT molecular complexity index is 1970. The predicted octanol–water partition coefficient (Wildman–Crippen LogP) is 6.57. The lowest BCUT2D eigenvalue weighted by atomic mass is 9.90. The first-order chi connectivity index (χ1) is 24.3. The number of fused-ring (bicyclic) bond motifs is 2. The Morgan fingerprint density at radius 3 is 1.54 bits per heavy atom. The molecule has 2 amide bonds. The average molecular weight is 668 g/mol. The average Bonchev–Trinajstić information content (AvgIpc) is 4.11. The zero-order chi connectivity index (χ0) is 34.9. The molecule has 0 spiro atoms. The van der Waals surface area contributed by atoms with E-state index >= 15 is 0 Å². The highest BCUT2D eigenvalue weighted by atomic mass is 16.5. The van der Waals surface area contributed by atoms with E-state index in [-0.39, 0.29) is 22.6 Å². The SMILES string of the molecule is COc1ccc(CN2CCc3cc(C4(C#N)CC4)ccc3C2=O)cc1.COc1ccc(CN2CCc3cc(C4(C=O)CC4)ccc3C2=O)cc1. The molecule has 8 nitrogen and oxygen atoms in total. The molecule has 2 saturated carbocycles. The first-order valence-corrected chi connectivity index (χ1v) is 17.3. The van der Waals surface area contributed by atoms with Crippen molar-refractivity contribution in [3.8, 4) is 17.6 Å². The minimum atomic E-state index is -0.293. The third-order valence-electron chi connectivity index (χ3n) is 10.7. The van der Waals surface area contributed by atoms with Gasteiger partial charge < -0.3 is 24.1 Å². The van der Waals surface area contributed by atoms with Crippen LogP contribution >= 0.6 is 0 Å². The molecule has 50 heavy (non-hydrogen) atoms. The number of amides is 2. The summed E-state index contributed by atoms with van der Waals surface area (Å²) in [5.74, 6) is 1.78. The van der Waals surface area contributed by atoms with Crippen molar-refractivity contribution in [3.63, 3.8) is 0 Å². The number of hydrogen-bond acceptors (Lipinski definition) is 6. The highest BCUT2D eigenvalue weighted by molar-refractivity contribution is 5.97. The molecule has 4 aliphatic rings. The summed E-state index contributed by atoms with van der Waals surface area (Å²) in [6, 6.07) is 29.9. The lowest BCUT2D eigenvalue weighted by molar-refractivity contribution is -0.109. The minimum Gasteiger partial charge on any atom is -0.497 e. The van der Waals surface area contributed by atoms with Crippen LogP contribution in [0.15, 0.2) is 84.9 Å². The summed E-state index contributed by atoms with van der Waals surface area (Å²) >= 11 is 0. The fourth-order valence-electron chi connectivity index (χ4n) is 7.08. The maximum atomic E-state index is 12.8. The van der Waals surface area contributed by atoms with E-state index in [0.29, 0.717) is 26.2 Å². The molecule has 0 radical (unpaired) electrons. The van der Waals surface area contributed by atoms with Crippen LogP contribution in [0, 0.1) is 11.3 Å². The highest BCUT2D eigenvalue weighted by Gasteiger charge is 2.46. The summed E-state index contributed by atoms with van der Waals surface area (Å²) < 4.78 is 10.4. The third kappa shape index (κ3) is 6.48. The molecular formula is C42H41N3O5. The van der Waals surface area contributed by atoms with Crippen molar-refractivity contribution in [2.24, 2.45) is 0 Å². The van der Waals surface area contributed by atoms with Crippen molar-refractivity contribution in [1.29, 1.82) is 5.26 Å². The van der Waals surface area contributed by atoms with Crippen LogP contribution in [0.2, 0.25) is 0 Å². The third-order valence-corrected chi connectivity index (χ3v) is 10.7. The van der Waals surface area contributed by atoms with Gasteiger partial charge in [0.2, 0.25) is 0 Å². The van der Waals surface area contributed by atoms with E-state index in [1.807, 2.05) is 82.6 Å². The molecule has 254 valence electrons. The van der Waals surface area contributed by atoms with Crippen LogP contribution < -0.4 is 9.47 Å². The number of aldehydes is 1. The quantitative estimate of drug-likeness (QED) is 0.187. The van der Waals surface area contributed by atoms with Crippen LogP contribution in [0.5, 0.6) is 11.5 Å². The second kappa shape index (κ2) is 13.5. The van der Waals surface area contributed by atoms with E-state index in [9.17, 15) is 19.6 Å². The lowest BCUT2D eigenvalue weighted by Gasteiger charge is -2.29. The van der Waals surface area contributed by atoms with Crippen LogP contribution in [-0.4, -0.2) is 55.2 Å². The number of hydrogen-bond donors (Lipinski definition) is 0. The maximum absolute atomic E-state index is 12.8. The van der Waals surface area contributed by atoms with Gasteiger partial charge >= 0.3 is 0 Å². The molecule has 0 bridgehead atoms. The largest absolute Gasteiger partial charge is 0.497 e. The first-order valence-electron chi connectivity index (χ1n) is 17.3. The van der Waals surface area contributed by atoms with Gasteiger partial charge in [0.25, 0.3) is 11.8 Å². The van der Waals surface area contributed by atoms with E-state index in [2.05, 4.69) is 18.2 Å². The van der Waals surface area contributed by atoms with Crippen molar-refractivity contribution < 1.29 is 23.9 Å². The first kappa shape index (κ1) is 33.1. The summed E-state index contributed by atoms with van der Waals surface area (Å²) in [6.07, 6.45) is 6.45. The Morgan fingerprint density at radius 2 is 1.14 bits per heavy atom. The van der Waals surface area contributed by atoms with Crippen molar-refractivity contribution in [2.75, 3.05) is 27.3 Å². The van der Waals surface area contributed by atoms with Gasteiger partial charge in [0, 0.05) is 37.3 Å². The number of rotatable bonds is 9. The van der Waals surface area contributed by atoms with Gasteiger partial charge in [0.1, 0.15) is 17.8 Å². The predicted molar refractivity (Wildman–Crippen MR) is 189 cm³/mol. The molecular weight excluding hydrogens is 626 g/mol. The van der Waals surface area contributed by atoms with Crippen molar-refractivity contribution >= 4 is 18.1 Å². The number of nitriles is 1. The number of ether oxygens (including phenoxy) is 2. The topological polar surface area (TPSA) is 99.9 Å². The number of nitrogens with zero attached hydrogens (tertiary/aromatic N) is 3. The highest BCUT2D eigenvalue weighted by Crippen LogP contribution is 2.48. The van der Waals surface area contributed by atoms with Crippen molar-refractivity contribution in [1.82, 2.24) is 9.80 Å². The van der Waals surface area contributed by atoms with Gasteiger partial charge in [-0.25, -0.2) is 0 Å². The molecule has 4 aromatic rings. The molecule has 8 rings (SSSR count). The molecule has 2 fully saturated rings. The second-order valence-electron chi connectivity index (χ2n) is 13.9. The van der Waals surface area contributed by atoms with Gasteiger partial charge in [-0.15, -0.1) is 0 Å². The fourth-order valence-corrected chi connectivity index (χ4v) is 7.08. The summed E-state index contributed by atoms with van der Waals surface area (Å²) in [6.45, 7) is 2.62. The molecule has 2 aliphatic heterocycles. The Balaban J connectivity index is 0.000000157. The van der Waals surface area contributed by atoms with Gasteiger partial charge in [-0.2, -0.15) is 5.26 Å². The zero-order valence-corrected chi connectivity index (χ0v) is 28.6. The minimum absolute atomic E-state index is 0.0690. The molecule has 0 aromatic heterocycles. The molecule has 0 N–H and O–H groups in total. The fraction of sp³-hybridized carbons (Fsp3) is 0.333. The summed E-state index contributed by atoms with van der Waals surface area (Å²) in [5.41, 5.74) is 7.45. The zero-order valence-electron chi connectivity index (χ0n) is 28.6. The van der Waals surface area contributed by atoms with E-state index in [1.54, 1.807) is 14.2 Å². The van der Waals surface area contributed by atoms with Crippen LogP contribution in [0.1, 0.15) is 79.8 Å². The van der Waals surface area contributed by atoms with E-state index in [4.69, 9.17) is 9.47 Å². The van der Waals surface area contributed by atoms with E-state index in [0.717, 1.165) is 101 Å².